The average molecular weight is 358 g/mol. The first kappa shape index (κ1) is 17.5. The van der Waals surface area contributed by atoms with Gasteiger partial charge >= 0.3 is 0 Å². The van der Waals surface area contributed by atoms with Crippen molar-refractivity contribution in [2.24, 2.45) is 0 Å². The zero-order chi connectivity index (χ0) is 17.6. The molecule has 25 heavy (non-hydrogen) atoms. The molecule has 1 heterocycles. The van der Waals surface area contributed by atoms with Crippen LogP contribution in [-0.2, 0) is 11.2 Å². The molecule has 0 bridgehead atoms. The van der Waals surface area contributed by atoms with Crippen molar-refractivity contribution >= 4 is 28.8 Å². The Labute approximate surface area is 151 Å². The van der Waals surface area contributed by atoms with E-state index >= 15 is 0 Å². The van der Waals surface area contributed by atoms with Crippen molar-refractivity contribution in [3.63, 3.8) is 0 Å². The number of aromatic nitrogens is 2. The van der Waals surface area contributed by atoms with E-state index in [1.165, 1.54) is 24.2 Å². The second-order valence-corrected chi connectivity index (χ2v) is 7.43. The Bertz CT molecular complexity index is 736. The van der Waals surface area contributed by atoms with Gasteiger partial charge in [-0.15, -0.1) is 10.2 Å². The molecule has 1 aromatic heterocycles. The summed E-state index contributed by atoms with van der Waals surface area (Å²) in [7, 11) is 0. The molecule has 0 spiro atoms. The van der Waals surface area contributed by atoms with Crippen LogP contribution in [-0.4, -0.2) is 28.1 Å². The summed E-state index contributed by atoms with van der Waals surface area (Å²) in [4.78, 5) is 24.1. The van der Waals surface area contributed by atoms with Crippen LogP contribution < -0.4 is 10.6 Å². The minimum atomic E-state index is -0.275. The number of hydrogen-bond acceptors (Lipinski definition) is 5. The molecule has 7 heteroatoms. The van der Waals surface area contributed by atoms with Crippen LogP contribution in [0.4, 0.5) is 5.69 Å². The van der Waals surface area contributed by atoms with Gasteiger partial charge in [0.05, 0.1) is 0 Å². The fraction of sp³-hybridized carbons (Fsp3) is 0.444. The van der Waals surface area contributed by atoms with Gasteiger partial charge in [0.25, 0.3) is 5.91 Å². The van der Waals surface area contributed by atoms with Crippen LogP contribution in [0.1, 0.15) is 52.5 Å². The number of aryl methyl sites for hydroxylation is 2. The van der Waals surface area contributed by atoms with Gasteiger partial charge in [-0.2, -0.15) is 0 Å². The summed E-state index contributed by atoms with van der Waals surface area (Å²) in [6.07, 6.45) is 5.43. The third kappa shape index (κ3) is 5.09. The van der Waals surface area contributed by atoms with E-state index < -0.39 is 0 Å². The Morgan fingerprint density at radius 1 is 1.16 bits per heavy atom. The van der Waals surface area contributed by atoms with Gasteiger partial charge in [0.2, 0.25) is 10.9 Å². The van der Waals surface area contributed by atoms with E-state index in [0.717, 1.165) is 24.1 Å². The molecule has 0 unspecified atom stereocenters. The molecule has 1 aliphatic rings. The molecular weight excluding hydrogens is 336 g/mol. The first-order valence-electron chi connectivity index (χ1n) is 8.60. The van der Waals surface area contributed by atoms with Gasteiger partial charge in [0, 0.05) is 24.6 Å². The summed E-state index contributed by atoms with van der Waals surface area (Å²) in [6, 6.07) is 7.90. The van der Waals surface area contributed by atoms with Crippen molar-refractivity contribution in [1.29, 1.82) is 0 Å². The second-order valence-electron chi connectivity index (χ2n) is 6.37. The predicted octanol–water partition coefficient (Wildman–Crippen LogP) is 3.09. The minimum absolute atomic E-state index is 0.0488. The number of benzene rings is 1. The molecule has 0 saturated heterocycles. The standard InChI is InChI=1S/C18H22N4O2S/c1-12-6-8-14(9-7-12)20-17(24)18-22-21-16(25-18)11-10-15(23)19-13-4-2-3-5-13/h6-9,13H,2-5,10-11H2,1H3,(H,19,23)(H,20,24). The molecule has 2 aromatic rings. The van der Waals surface area contributed by atoms with Gasteiger partial charge in [-0.1, -0.05) is 41.9 Å². The topological polar surface area (TPSA) is 84.0 Å². The largest absolute Gasteiger partial charge is 0.353 e. The van der Waals surface area contributed by atoms with E-state index in [1.54, 1.807) is 0 Å². The molecule has 2 N–H and O–H groups in total. The SMILES string of the molecule is Cc1ccc(NC(=O)c2nnc(CCC(=O)NC3CCCC3)s2)cc1. The van der Waals surface area contributed by atoms with Crippen LogP contribution in [0, 0.1) is 6.92 Å². The minimum Gasteiger partial charge on any atom is -0.353 e. The van der Waals surface area contributed by atoms with Crippen LogP contribution >= 0.6 is 11.3 Å². The number of hydrogen-bond donors (Lipinski definition) is 2. The Balaban J connectivity index is 1.48. The summed E-state index contributed by atoms with van der Waals surface area (Å²) in [5, 5.41) is 14.8. The molecule has 6 nitrogen and oxygen atoms in total. The molecule has 3 rings (SSSR count). The van der Waals surface area contributed by atoms with Crippen molar-refractivity contribution in [2.45, 2.75) is 51.5 Å². The van der Waals surface area contributed by atoms with Crippen LogP contribution in [0.5, 0.6) is 0 Å². The third-order valence-corrected chi connectivity index (χ3v) is 5.24. The smallest absolute Gasteiger partial charge is 0.286 e. The maximum atomic E-state index is 12.2. The van der Waals surface area contributed by atoms with Crippen molar-refractivity contribution in [1.82, 2.24) is 15.5 Å². The monoisotopic (exact) mass is 358 g/mol. The highest BCUT2D eigenvalue weighted by molar-refractivity contribution is 7.13. The van der Waals surface area contributed by atoms with E-state index in [4.69, 9.17) is 0 Å². The third-order valence-electron chi connectivity index (χ3n) is 4.26. The number of anilines is 1. The highest BCUT2D eigenvalue weighted by Crippen LogP contribution is 2.18. The molecule has 0 atom stereocenters. The summed E-state index contributed by atoms with van der Waals surface area (Å²) in [6.45, 7) is 1.99. The number of amides is 2. The van der Waals surface area contributed by atoms with Gasteiger partial charge < -0.3 is 10.6 Å². The lowest BCUT2D eigenvalue weighted by Crippen LogP contribution is -2.32. The maximum absolute atomic E-state index is 12.2. The highest BCUT2D eigenvalue weighted by Gasteiger charge is 2.18. The van der Waals surface area contributed by atoms with Crippen LogP contribution in [0.25, 0.3) is 0 Å². The van der Waals surface area contributed by atoms with Crippen LogP contribution in [0.2, 0.25) is 0 Å². The molecule has 1 aromatic carbocycles. The zero-order valence-electron chi connectivity index (χ0n) is 14.2. The van der Waals surface area contributed by atoms with Gasteiger partial charge in [-0.25, -0.2) is 0 Å². The maximum Gasteiger partial charge on any atom is 0.286 e. The first-order valence-corrected chi connectivity index (χ1v) is 9.41. The van der Waals surface area contributed by atoms with Gasteiger partial charge in [-0.3, -0.25) is 9.59 Å². The number of nitrogens with one attached hydrogen (secondary N) is 2. The summed E-state index contributed by atoms with van der Waals surface area (Å²) in [5.41, 5.74) is 1.86. The zero-order valence-corrected chi connectivity index (χ0v) is 15.1. The lowest BCUT2D eigenvalue weighted by atomic mass is 10.2. The number of rotatable bonds is 6. The molecule has 2 amide bonds. The number of carbonyl (C=O) groups excluding carboxylic acids is 2. The predicted molar refractivity (Wildman–Crippen MR) is 97.8 cm³/mol. The summed E-state index contributed by atoms with van der Waals surface area (Å²) in [5.74, 6) is -0.226. The van der Waals surface area contributed by atoms with E-state index in [2.05, 4.69) is 20.8 Å². The lowest BCUT2D eigenvalue weighted by Gasteiger charge is -2.10. The molecule has 0 aliphatic heterocycles. The molecule has 1 saturated carbocycles. The molecular formula is C18H22N4O2S. The van der Waals surface area contributed by atoms with E-state index in [0.29, 0.717) is 28.9 Å². The number of carbonyl (C=O) groups is 2. The van der Waals surface area contributed by atoms with Gasteiger partial charge in [0.1, 0.15) is 5.01 Å². The highest BCUT2D eigenvalue weighted by atomic mass is 32.1. The molecule has 1 aliphatic carbocycles. The fourth-order valence-electron chi connectivity index (χ4n) is 2.86. The van der Waals surface area contributed by atoms with Crippen molar-refractivity contribution in [3.8, 4) is 0 Å². The van der Waals surface area contributed by atoms with Crippen LogP contribution in [0.3, 0.4) is 0 Å². The lowest BCUT2D eigenvalue weighted by molar-refractivity contribution is -0.121. The second kappa shape index (κ2) is 8.20. The van der Waals surface area contributed by atoms with Crippen LogP contribution in [0.15, 0.2) is 24.3 Å². The quantitative estimate of drug-likeness (QED) is 0.831. The van der Waals surface area contributed by atoms with Gasteiger partial charge in [0.15, 0.2) is 0 Å². The average Bonchev–Trinajstić information content (AvgIpc) is 3.27. The summed E-state index contributed by atoms with van der Waals surface area (Å²) >= 11 is 1.23. The van der Waals surface area contributed by atoms with E-state index in [1.807, 2.05) is 31.2 Å². The Hall–Kier alpha value is -2.28. The summed E-state index contributed by atoms with van der Waals surface area (Å²) < 4.78 is 0. The molecule has 0 radical (unpaired) electrons. The first-order chi connectivity index (χ1) is 12.1. The molecule has 132 valence electrons. The van der Waals surface area contributed by atoms with Crippen molar-refractivity contribution < 1.29 is 9.59 Å². The normalized spacial score (nSPS) is 14.4. The Morgan fingerprint density at radius 3 is 2.60 bits per heavy atom. The fourth-order valence-corrected chi connectivity index (χ4v) is 3.59. The van der Waals surface area contributed by atoms with Crippen molar-refractivity contribution in [2.75, 3.05) is 5.32 Å². The van der Waals surface area contributed by atoms with E-state index in [9.17, 15) is 9.59 Å². The molecule has 1 fully saturated rings. The number of nitrogens with zero attached hydrogens (tertiary/aromatic N) is 2. The van der Waals surface area contributed by atoms with Gasteiger partial charge in [-0.05, 0) is 31.9 Å². The Morgan fingerprint density at radius 2 is 1.88 bits per heavy atom. The van der Waals surface area contributed by atoms with E-state index in [-0.39, 0.29) is 11.8 Å². The van der Waals surface area contributed by atoms with Crippen molar-refractivity contribution in [3.05, 3.63) is 39.8 Å². The Kier molecular flexibility index (Phi) is 5.75.